The molecule has 0 saturated carbocycles. The van der Waals surface area contributed by atoms with Crippen LogP contribution in [0.1, 0.15) is 50.4 Å². The Kier molecular flexibility index (Phi) is 7.18. The monoisotopic (exact) mass is 266 g/mol. The van der Waals surface area contributed by atoms with Crippen LogP contribution in [0, 0.1) is 6.92 Å². The summed E-state index contributed by atoms with van der Waals surface area (Å²) in [6, 6.07) is 0. The molecular formula is C14H26N4O. The molecule has 0 aliphatic heterocycles. The van der Waals surface area contributed by atoms with E-state index in [1.54, 1.807) is 0 Å². The highest BCUT2D eigenvalue weighted by Crippen LogP contribution is 2.18. The van der Waals surface area contributed by atoms with Crippen molar-refractivity contribution in [2.45, 2.75) is 52.4 Å². The zero-order chi connectivity index (χ0) is 14.1. The number of rotatable bonds is 9. The summed E-state index contributed by atoms with van der Waals surface area (Å²) < 4.78 is 0. The molecule has 5 heteroatoms. The number of unbranched alkanes of at least 4 members (excludes halogenated alkanes) is 3. The van der Waals surface area contributed by atoms with Gasteiger partial charge in [-0.15, -0.1) is 0 Å². The van der Waals surface area contributed by atoms with Crippen molar-refractivity contribution in [1.29, 1.82) is 0 Å². The van der Waals surface area contributed by atoms with Gasteiger partial charge in [-0.1, -0.05) is 19.8 Å². The standard InChI is InChI=1S/C14H26N4O/c1-3-8-12-17-13(15)11(2)14(18-12)16-9-6-4-5-7-10-19/h19H,3-10H2,1-2H3,(H3,15,16,17,18). The number of aliphatic hydroxyl groups is 1. The highest BCUT2D eigenvalue weighted by molar-refractivity contribution is 5.54. The normalized spacial score (nSPS) is 10.7. The number of nitrogen functional groups attached to an aromatic ring is 1. The molecule has 0 aliphatic carbocycles. The minimum absolute atomic E-state index is 0.287. The number of anilines is 2. The van der Waals surface area contributed by atoms with Crippen molar-refractivity contribution in [2.24, 2.45) is 0 Å². The molecule has 0 fully saturated rings. The summed E-state index contributed by atoms with van der Waals surface area (Å²) in [5.74, 6) is 2.24. The summed E-state index contributed by atoms with van der Waals surface area (Å²) in [6.07, 6.45) is 6.03. The van der Waals surface area contributed by atoms with Gasteiger partial charge in [0.2, 0.25) is 0 Å². The molecule has 0 saturated heterocycles. The van der Waals surface area contributed by atoms with Crippen molar-refractivity contribution < 1.29 is 5.11 Å². The molecule has 1 rings (SSSR count). The van der Waals surface area contributed by atoms with Crippen LogP contribution in [0.4, 0.5) is 11.6 Å². The van der Waals surface area contributed by atoms with Crippen molar-refractivity contribution in [1.82, 2.24) is 9.97 Å². The van der Waals surface area contributed by atoms with Crippen molar-refractivity contribution in [2.75, 3.05) is 24.2 Å². The van der Waals surface area contributed by atoms with E-state index >= 15 is 0 Å². The first-order chi connectivity index (χ1) is 9.19. The number of hydrogen-bond donors (Lipinski definition) is 3. The summed E-state index contributed by atoms with van der Waals surface area (Å²) in [4.78, 5) is 8.81. The molecule has 5 nitrogen and oxygen atoms in total. The van der Waals surface area contributed by atoms with Crippen molar-refractivity contribution >= 4 is 11.6 Å². The fourth-order valence-corrected chi connectivity index (χ4v) is 1.89. The molecule has 1 heterocycles. The molecule has 4 N–H and O–H groups in total. The van der Waals surface area contributed by atoms with Gasteiger partial charge in [0.15, 0.2) is 0 Å². The molecule has 1 aromatic heterocycles. The maximum Gasteiger partial charge on any atom is 0.134 e. The number of nitrogens with one attached hydrogen (secondary N) is 1. The van der Waals surface area contributed by atoms with Gasteiger partial charge in [0.25, 0.3) is 0 Å². The zero-order valence-corrected chi connectivity index (χ0v) is 12.1. The largest absolute Gasteiger partial charge is 0.396 e. The Balaban J connectivity index is 2.47. The van der Waals surface area contributed by atoms with E-state index in [-0.39, 0.29) is 6.61 Å². The third kappa shape index (κ3) is 5.42. The smallest absolute Gasteiger partial charge is 0.134 e. The van der Waals surface area contributed by atoms with Gasteiger partial charge in [0.1, 0.15) is 17.5 Å². The number of nitrogens with zero attached hydrogens (tertiary/aromatic N) is 2. The third-order valence-electron chi connectivity index (χ3n) is 3.08. The van der Waals surface area contributed by atoms with E-state index in [2.05, 4.69) is 22.2 Å². The number of hydrogen-bond acceptors (Lipinski definition) is 5. The van der Waals surface area contributed by atoms with Crippen LogP contribution in [0.25, 0.3) is 0 Å². The first kappa shape index (κ1) is 15.7. The number of aromatic nitrogens is 2. The molecular weight excluding hydrogens is 240 g/mol. The van der Waals surface area contributed by atoms with Crippen LogP contribution in [-0.2, 0) is 6.42 Å². The van der Waals surface area contributed by atoms with Gasteiger partial charge in [-0.05, 0) is 26.2 Å². The highest BCUT2D eigenvalue weighted by Gasteiger charge is 2.07. The second-order valence-corrected chi connectivity index (χ2v) is 4.81. The van der Waals surface area contributed by atoms with E-state index in [0.29, 0.717) is 5.82 Å². The Hall–Kier alpha value is -1.36. The fraction of sp³-hybridized carbons (Fsp3) is 0.714. The summed E-state index contributed by atoms with van der Waals surface area (Å²) in [5, 5.41) is 12.0. The zero-order valence-electron chi connectivity index (χ0n) is 12.1. The van der Waals surface area contributed by atoms with Crippen molar-refractivity contribution in [3.8, 4) is 0 Å². The summed E-state index contributed by atoms with van der Waals surface area (Å²) in [5.41, 5.74) is 6.83. The summed E-state index contributed by atoms with van der Waals surface area (Å²) >= 11 is 0. The van der Waals surface area contributed by atoms with Crippen LogP contribution in [0.2, 0.25) is 0 Å². The van der Waals surface area contributed by atoms with Gasteiger partial charge in [-0.3, -0.25) is 0 Å². The average molecular weight is 266 g/mol. The Morgan fingerprint density at radius 2 is 1.89 bits per heavy atom. The first-order valence-electron chi connectivity index (χ1n) is 7.16. The van der Waals surface area contributed by atoms with Gasteiger partial charge in [0.05, 0.1) is 0 Å². The second-order valence-electron chi connectivity index (χ2n) is 4.81. The predicted molar refractivity (Wildman–Crippen MR) is 79.2 cm³/mol. The molecule has 0 aliphatic rings. The molecule has 0 bridgehead atoms. The van der Waals surface area contributed by atoms with Crippen LogP contribution in [0.3, 0.4) is 0 Å². The van der Waals surface area contributed by atoms with E-state index in [9.17, 15) is 0 Å². The number of aryl methyl sites for hydroxylation is 1. The van der Waals surface area contributed by atoms with E-state index < -0.39 is 0 Å². The minimum Gasteiger partial charge on any atom is -0.396 e. The van der Waals surface area contributed by atoms with Gasteiger partial charge in [-0.2, -0.15) is 0 Å². The number of aliphatic hydroxyl groups excluding tert-OH is 1. The SMILES string of the molecule is CCCc1nc(N)c(C)c(NCCCCCCO)n1. The van der Waals surface area contributed by atoms with Crippen LogP contribution in [0.5, 0.6) is 0 Å². The quantitative estimate of drug-likeness (QED) is 0.597. The second kappa shape index (κ2) is 8.69. The third-order valence-corrected chi connectivity index (χ3v) is 3.08. The summed E-state index contributed by atoms with van der Waals surface area (Å²) in [6.45, 7) is 5.22. The molecule has 0 spiro atoms. The fourth-order valence-electron chi connectivity index (χ4n) is 1.89. The van der Waals surface area contributed by atoms with E-state index in [4.69, 9.17) is 10.8 Å². The van der Waals surface area contributed by atoms with E-state index in [1.165, 1.54) is 0 Å². The Morgan fingerprint density at radius 1 is 1.16 bits per heavy atom. The topological polar surface area (TPSA) is 84.1 Å². The predicted octanol–water partition coefficient (Wildman–Crippen LogP) is 2.28. The molecule has 0 radical (unpaired) electrons. The lowest BCUT2D eigenvalue weighted by Gasteiger charge is -2.11. The van der Waals surface area contributed by atoms with Crippen molar-refractivity contribution in [3.05, 3.63) is 11.4 Å². The summed E-state index contributed by atoms with van der Waals surface area (Å²) in [7, 11) is 0. The maximum absolute atomic E-state index is 8.70. The molecule has 19 heavy (non-hydrogen) atoms. The Labute approximate surface area is 115 Å². The number of nitrogens with two attached hydrogens (primary N) is 1. The van der Waals surface area contributed by atoms with Gasteiger partial charge in [0, 0.05) is 25.1 Å². The molecule has 0 atom stereocenters. The van der Waals surface area contributed by atoms with Crippen LogP contribution in [0.15, 0.2) is 0 Å². The van der Waals surface area contributed by atoms with Gasteiger partial charge >= 0.3 is 0 Å². The van der Waals surface area contributed by atoms with Crippen LogP contribution in [-0.4, -0.2) is 28.2 Å². The molecule has 108 valence electrons. The lowest BCUT2D eigenvalue weighted by molar-refractivity contribution is 0.283. The lowest BCUT2D eigenvalue weighted by Crippen LogP contribution is -2.10. The molecule has 0 unspecified atom stereocenters. The van der Waals surface area contributed by atoms with Crippen molar-refractivity contribution in [3.63, 3.8) is 0 Å². The Morgan fingerprint density at radius 3 is 2.58 bits per heavy atom. The maximum atomic E-state index is 8.70. The molecule has 0 aromatic carbocycles. The molecule has 0 amide bonds. The minimum atomic E-state index is 0.287. The van der Waals surface area contributed by atoms with Crippen LogP contribution < -0.4 is 11.1 Å². The Bertz CT molecular complexity index is 382. The average Bonchev–Trinajstić information content (AvgIpc) is 2.39. The van der Waals surface area contributed by atoms with E-state index in [1.807, 2.05) is 6.92 Å². The van der Waals surface area contributed by atoms with Gasteiger partial charge in [-0.25, -0.2) is 9.97 Å². The van der Waals surface area contributed by atoms with Crippen LogP contribution >= 0.6 is 0 Å². The molecule has 1 aromatic rings. The highest BCUT2D eigenvalue weighted by atomic mass is 16.2. The van der Waals surface area contributed by atoms with Gasteiger partial charge < -0.3 is 16.2 Å². The first-order valence-corrected chi connectivity index (χ1v) is 7.16. The lowest BCUT2D eigenvalue weighted by atomic mass is 10.2. The van der Waals surface area contributed by atoms with E-state index in [0.717, 1.165) is 62.3 Å².